The van der Waals surface area contributed by atoms with Crippen LogP contribution in [0.4, 0.5) is 13.2 Å². The molecule has 29 heavy (non-hydrogen) atoms. The molecule has 1 aliphatic heterocycles. The number of nitrogens with one attached hydrogen (secondary N) is 1. The van der Waals surface area contributed by atoms with E-state index in [0.29, 0.717) is 16.7 Å². The van der Waals surface area contributed by atoms with E-state index in [1.165, 1.54) is 36.4 Å². The molecule has 3 unspecified atom stereocenters. The Hall–Kier alpha value is -1.67. The lowest BCUT2D eigenvalue weighted by molar-refractivity contribution is -0.218. The molecule has 3 rings (SSSR count). The summed E-state index contributed by atoms with van der Waals surface area (Å²) in [5.41, 5.74) is 1.96. The summed E-state index contributed by atoms with van der Waals surface area (Å²) in [6, 6.07) is 10.6. The molecule has 0 radical (unpaired) electrons. The van der Waals surface area contributed by atoms with Crippen molar-refractivity contribution in [1.82, 2.24) is 5.48 Å². The number of nitrogens with zero attached hydrogens (tertiary/aromatic N) is 1. The van der Waals surface area contributed by atoms with Crippen molar-refractivity contribution in [3.8, 4) is 6.07 Å². The van der Waals surface area contributed by atoms with Crippen molar-refractivity contribution >= 4 is 34.3 Å². The number of hydrogen-bond donors (Lipinski definition) is 2. The monoisotopic (exact) mass is 464 g/mol. The minimum atomic E-state index is -4.62. The summed E-state index contributed by atoms with van der Waals surface area (Å²) >= 11 is 9.93. The molecule has 11 heteroatoms. The normalized spacial score (nSPS) is 23.0. The van der Waals surface area contributed by atoms with Crippen molar-refractivity contribution in [2.75, 3.05) is 0 Å². The standard InChI is InChI=1S/C18H13Cl2F3N2O3S/c19-14-4-13(5-15(20)6-14)17(7-16(28-25-17)18(21,22)23)12-2-1-10(9-29(26)27)11(3-12)8-24/h1-6,16,25H,7,9H2,(H,26,27). The molecule has 0 aromatic heterocycles. The van der Waals surface area contributed by atoms with Gasteiger partial charge >= 0.3 is 6.18 Å². The van der Waals surface area contributed by atoms with Gasteiger partial charge in [-0.3, -0.25) is 4.84 Å². The predicted octanol–water partition coefficient (Wildman–Crippen LogP) is 4.69. The number of nitriles is 1. The first kappa shape index (κ1) is 22.0. The van der Waals surface area contributed by atoms with E-state index in [1.54, 1.807) is 0 Å². The molecule has 0 spiro atoms. The van der Waals surface area contributed by atoms with Crippen LogP contribution in [0.15, 0.2) is 36.4 Å². The smallest absolute Gasteiger partial charge is 0.306 e. The van der Waals surface area contributed by atoms with Gasteiger partial charge in [0.25, 0.3) is 0 Å². The van der Waals surface area contributed by atoms with Gasteiger partial charge in [-0.05, 0) is 41.0 Å². The van der Waals surface area contributed by atoms with Gasteiger partial charge < -0.3 is 4.55 Å². The highest BCUT2D eigenvalue weighted by atomic mass is 35.5. The molecule has 1 saturated heterocycles. The molecule has 0 bridgehead atoms. The zero-order valence-electron chi connectivity index (χ0n) is 14.5. The van der Waals surface area contributed by atoms with Gasteiger partial charge in [-0.25, -0.2) is 4.21 Å². The third kappa shape index (κ3) is 4.58. The minimum Gasteiger partial charge on any atom is -0.306 e. The van der Waals surface area contributed by atoms with Gasteiger partial charge in [-0.2, -0.15) is 23.9 Å². The van der Waals surface area contributed by atoms with Crippen molar-refractivity contribution in [1.29, 1.82) is 5.26 Å². The Kier molecular flexibility index (Phi) is 6.24. The zero-order valence-corrected chi connectivity index (χ0v) is 16.8. The Morgan fingerprint density at radius 2 is 1.90 bits per heavy atom. The van der Waals surface area contributed by atoms with Gasteiger partial charge in [0, 0.05) is 16.5 Å². The van der Waals surface area contributed by atoms with Crippen molar-refractivity contribution in [3.05, 3.63) is 68.7 Å². The van der Waals surface area contributed by atoms with E-state index in [0.717, 1.165) is 0 Å². The zero-order chi connectivity index (χ0) is 21.4. The van der Waals surface area contributed by atoms with E-state index < -0.39 is 35.3 Å². The second-order valence-electron chi connectivity index (χ2n) is 6.47. The maximum Gasteiger partial charge on any atom is 0.416 e. The quantitative estimate of drug-likeness (QED) is 0.641. The molecule has 2 N–H and O–H groups in total. The van der Waals surface area contributed by atoms with E-state index in [4.69, 9.17) is 32.6 Å². The lowest BCUT2D eigenvalue weighted by Gasteiger charge is -2.30. The number of alkyl halides is 3. The van der Waals surface area contributed by atoms with Crippen LogP contribution in [-0.4, -0.2) is 21.0 Å². The van der Waals surface area contributed by atoms with Crippen LogP contribution in [-0.2, 0) is 27.2 Å². The molecule has 0 saturated carbocycles. The first-order valence-electron chi connectivity index (χ1n) is 8.12. The summed E-state index contributed by atoms with van der Waals surface area (Å²) in [5, 5.41) is 9.86. The summed E-state index contributed by atoms with van der Waals surface area (Å²) in [7, 11) is 0. The average molecular weight is 465 g/mol. The molecule has 5 nitrogen and oxygen atoms in total. The fourth-order valence-corrected chi connectivity index (χ4v) is 4.28. The topological polar surface area (TPSA) is 82.3 Å². The van der Waals surface area contributed by atoms with Crippen molar-refractivity contribution < 1.29 is 26.8 Å². The van der Waals surface area contributed by atoms with E-state index in [1.807, 2.05) is 6.07 Å². The largest absolute Gasteiger partial charge is 0.416 e. The Bertz CT molecular complexity index is 993. The lowest BCUT2D eigenvalue weighted by atomic mass is 9.79. The van der Waals surface area contributed by atoms with Crippen LogP contribution in [0.2, 0.25) is 10.0 Å². The van der Waals surface area contributed by atoms with Crippen molar-refractivity contribution in [3.63, 3.8) is 0 Å². The summed E-state index contributed by atoms with van der Waals surface area (Å²) in [4.78, 5) is 4.86. The number of halogens is 5. The fourth-order valence-electron chi connectivity index (χ4n) is 3.24. The Balaban J connectivity index is 2.17. The second kappa shape index (κ2) is 8.22. The molecule has 2 aromatic rings. The second-order valence-corrected chi connectivity index (χ2v) is 8.27. The van der Waals surface area contributed by atoms with Crippen LogP contribution in [0.1, 0.15) is 28.7 Å². The number of rotatable bonds is 4. The summed E-state index contributed by atoms with van der Waals surface area (Å²) < 4.78 is 60.2. The first-order chi connectivity index (χ1) is 13.5. The molecule has 2 aromatic carbocycles. The van der Waals surface area contributed by atoms with Crippen LogP contribution >= 0.6 is 23.2 Å². The summed E-state index contributed by atoms with van der Waals surface area (Å²) in [6.45, 7) is 0. The Morgan fingerprint density at radius 3 is 2.41 bits per heavy atom. The number of hydrogen-bond acceptors (Lipinski definition) is 4. The summed E-state index contributed by atoms with van der Waals surface area (Å²) in [5.74, 6) is -0.283. The molecular formula is C18H13Cl2F3N2O3S. The molecule has 0 aliphatic carbocycles. The van der Waals surface area contributed by atoms with Gasteiger partial charge in [0.1, 0.15) is 0 Å². The molecule has 3 atom stereocenters. The molecular weight excluding hydrogens is 452 g/mol. The SMILES string of the molecule is N#Cc1cc(C2(c3cc(Cl)cc(Cl)c3)CC(C(F)(F)F)ON2)ccc1CS(=O)O. The number of hydroxylamine groups is 1. The van der Waals surface area contributed by atoms with Crippen molar-refractivity contribution in [2.24, 2.45) is 0 Å². The highest BCUT2D eigenvalue weighted by Gasteiger charge is 2.53. The summed E-state index contributed by atoms with van der Waals surface area (Å²) in [6.07, 6.45) is -7.25. The minimum absolute atomic E-state index is 0.0645. The maximum absolute atomic E-state index is 13.3. The van der Waals surface area contributed by atoms with Gasteiger partial charge in [0.15, 0.2) is 17.2 Å². The molecule has 0 amide bonds. The predicted molar refractivity (Wildman–Crippen MR) is 102 cm³/mol. The van der Waals surface area contributed by atoms with E-state index in [2.05, 4.69) is 5.48 Å². The third-order valence-electron chi connectivity index (χ3n) is 4.59. The van der Waals surface area contributed by atoms with Crippen LogP contribution in [0.3, 0.4) is 0 Å². The first-order valence-corrected chi connectivity index (χ1v) is 10.2. The van der Waals surface area contributed by atoms with E-state index in [9.17, 15) is 22.6 Å². The fraction of sp³-hybridized carbons (Fsp3) is 0.278. The van der Waals surface area contributed by atoms with Crippen LogP contribution in [0, 0.1) is 11.3 Å². The Morgan fingerprint density at radius 1 is 1.24 bits per heavy atom. The average Bonchev–Trinajstić information content (AvgIpc) is 3.08. The molecule has 1 fully saturated rings. The third-order valence-corrected chi connectivity index (χ3v) is 5.58. The van der Waals surface area contributed by atoms with E-state index in [-0.39, 0.29) is 21.4 Å². The van der Waals surface area contributed by atoms with Gasteiger partial charge in [-0.1, -0.05) is 35.3 Å². The Labute approximate surface area is 176 Å². The highest BCUT2D eigenvalue weighted by Crippen LogP contribution is 2.45. The van der Waals surface area contributed by atoms with Gasteiger partial charge in [-0.15, -0.1) is 0 Å². The van der Waals surface area contributed by atoms with Crippen LogP contribution < -0.4 is 5.48 Å². The molecule has 1 heterocycles. The number of benzene rings is 2. The van der Waals surface area contributed by atoms with Crippen LogP contribution in [0.5, 0.6) is 0 Å². The van der Waals surface area contributed by atoms with Gasteiger partial charge in [0.05, 0.1) is 22.9 Å². The highest BCUT2D eigenvalue weighted by molar-refractivity contribution is 7.78. The van der Waals surface area contributed by atoms with E-state index >= 15 is 0 Å². The van der Waals surface area contributed by atoms with Crippen LogP contribution in [0.25, 0.3) is 0 Å². The molecule has 154 valence electrons. The van der Waals surface area contributed by atoms with Gasteiger partial charge in [0.2, 0.25) is 0 Å². The van der Waals surface area contributed by atoms with Crippen molar-refractivity contribution in [2.45, 2.75) is 30.0 Å². The maximum atomic E-state index is 13.3. The lowest BCUT2D eigenvalue weighted by Crippen LogP contribution is -2.37. The molecule has 1 aliphatic rings.